The maximum atomic E-state index is 9.21. The summed E-state index contributed by atoms with van der Waals surface area (Å²) in [5.74, 6) is 2.84. The number of benzene rings is 2. The predicted molar refractivity (Wildman–Crippen MR) is 104 cm³/mol. The van der Waals surface area contributed by atoms with E-state index in [9.17, 15) is 5.26 Å². The molecule has 3 aliphatic rings. The molecule has 0 spiro atoms. The number of nitrogens with one attached hydrogen (secondary N) is 1. The fraction of sp³-hybridized carbons (Fsp3) is 0.435. The van der Waals surface area contributed by atoms with Crippen LogP contribution in [-0.2, 0) is 0 Å². The molecule has 0 amide bonds. The Bertz CT molecular complexity index is 826. The van der Waals surface area contributed by atoms with Gasteiger partial charge < -0.3 is 10.1 Å². The van der Waals surface area contributed by atoms with E-state index >= 15 is 0 Å². The first-order valence-corrected chi connectivity index (χ1v) is 9.88. The summed E-state index contributed by atoms with van der Waals surface area (Å²) in [7, 11) is 0. The van der Waals surface area contributed by atoms with Crippen LogP contribution in [0.25, 0.3) is 0 Å². The normalized spacial score (nSPS) is 27.9. The molecule has 26 heavy (non-hydrogen) atoms. The van der Waals surface area contributed by atoms with E-state index in [1.54, 1.807) is 0 Å². The summed E-state index contributed by atoms with van der Waals surface area (Å²) in [6.45, 7) is 4.00. The molecule has 1 N–H and O–H groups in total. The summed E-state index contributed by atoms with van der Waals surface area (Å²) in [6.07, 6.45) is 5.09. The van der Waals surface area contributed by atoms with E-state index in [-0.39, 0.29) is 0 Å². The van der Waals surface area contributed by atoms with Crippen molar-refractivity contribution in [2.24, 2.45) is 5.92 Å². The van der Waals surface area contributed by atoms with Crippen molar-refractivity contribution in [3.05, 3.63) is 59.2 Å². The third-order valence-electron chi connectivity index (χ3n) is 5.93. The average molecular weight is 346 g/mol. The lowest BCUT2D eigenvalue weighted by Gasteiger charge is -2.38. The zero-order chi connectivity index (χ0) is 18.1. The maximum absolute atomic E-state index is 9.21. The molecule has 134 valence electrons. The van der Waals surface area contributed by atoms with Crippen LogP contribution in [0.4, 0.5) is 0 Å². The van der Waals surface area contributed by atoms with Crippen LogP contribution in [-0.4, -0.2) is 12.1 Å². The fourth-order valence-corrected chi connectivity index (χ4v) is 4.95. The Balaban J connectivity index is 0.000000814. The first-order valence-electron chi connectivity index (χ1n) is 9.88. The van der Waals surface area contributed by atoms with Gasteiger partial charge in [-0.1, -0.05) is 38.1 Å². The molecule has 3 nitrogen and oxygen atoms in total. The summed E-state index contributed by atoms with van der Waals surface area (Å²) in [5, 5.41) is 13.0. The first kappa shape index (κ1) is 17.1. The first-order chi connectivity index (χ1) is 12.8. The molecule has 3 unspecified atom stereocenters. The Labute approximate surface area is 156 Å². The fourth-order valence-electron chi connectivity index (χ4n) is 4.95. The minimum atomic E-state index is 0.378. The smallest absolute Gasteiger partial charge is 0.132 e. The summed E-state index contributed by atoms with van der Waals surface area (Å²) in [4.78, 5) is 0. The molecule has 0 radical (unpaired) electrons. The Hall–Kier alpha value is -2.31. The van der Waals surface area contributed by atoms with E-state index < -0.39 is 0 Å². The molecule has 5 rings (SSSR count). The van der Waals surface area contributed by atoms with Crippen LogP contribution in [0.15, 0.2) is 42.5 Å². The molecule has 3 atom stereocenters. The molecule has 3 aliphatic heterocycles. The highest BCUT2D eigenvalue weighted by atomic mass is 16.5. The van der Waals surface area contributed by atoms with Gasteiger partial charge in [-0.3, -0.25) is 0 Å². The second-order valence-electron chi connectivity index (χ2n) is 7.35. The zero-order valence-corrected chi connectivity index (χ0v) is 15.5. The third kappa shape index (κ3) is 2.89. The van der Waals surface area contributed by atoms with Crippen LogP contribution in [0.1, 0.15) is 62.1 Å². The highest BCUT2D eigenvalue weighted by Crippen LogP contribution is 2.51. The summed E-state index contributed by atoms with van der Waals surface area (Å²) in [6, 6.07) is 17.9. The third-order valence-corrected chi connectivity index (χ3v) is 5.93. The average Bonchev–Trinajstić information content (AvgIpc) is 3.04. The molecule has 2 bridgehead atoms. The highest BCUT2D eigenvalue weighted by molar-refractivity contribution is 5.56. The van der Waals surface area contributed by atoms with Crippen molar-refractivity contribution < 1.29 is 4.74 Å². The topological polar surface area (TPSA) is 45.0 Å². The van der Waals surface area contributed by atoms with Gasteiger partial charge in [-0.15, -0.1) is 0 Å². The molecule has 3 heteroatoms. The van der Waals surface area contributed by atoms with Crippen molar-refractivity contribution in [1.82, 2.24) is 5.32 Å². The SMILES string of the molecule is CC.N#Cc1ccc2c(c1)Oc1ccccc1C2C1CC2CCC(C1)N2. The van der Waals surface area contributed by atoms with E-state index in [1.807, 2.05) is 32.0 Å². The standard InChI is InChI=1S/C21H20N2O.C2H6/c22-12-13-5-8-18-20(9-13)24-19-4-2-1-3-17(19)21(18)14-10-15-6-7-16(11-14)23-15;1-2/h1-5,8-9,14-16,21,23H,6-7,10-11H2;1-2H3. The Morgan fingerprint density at radius 2 is 1.65 bits per heavy atom. The molecule has 2 aromatic carbocycles. The van der Waals surface area contributed by atoms with Crippen LogP contribution < -0.4 is 10.1 Å². The number of hydrogen-bond acceptors (Lipinski definition) is 3. The quantitative estimate of drug-likeness (QED) is 0.757. The Morgan fingerprint density at radius 3 is 2.38 bits per heavy atom. The molecule has 0 aromatic heterocycles. The van der Waals surface area contributed by atoms with E-state index in [0.717, 1.165) is 11.5 Å². The lowest BCUT2D eigenvalue weighted by atomic mass is 9.73. The number of piperidine rings is 1. The van der Waals surface area contributed by atoms with Crippen LogP contribution in [0.3, 0.4) is 0 Å². The number of para-hydroxylation sites is 1. The number of nitrogens with zero attached hydrogens (tertiary/aromatic N) is 1. The van der Waals surface area contributed by atoms with Gasteiger partial charge in [0.15, 0.2) is 0 Å². The van der Waals surface area contributed by atoms with Gasteiger partial charge in [0.1, 0.15) is 11.5 Å². The van der Waals surface area contributed by atoms with Crippen LogP contribution in [0.5, 0.6) is 11.5 Å². The van der Waals surface area contributed by atoms with Crippen molar-refractivity contribution >= 4 is 0 Å². The van der Waals surface area contributed by atoms with Gasteiger partial charge in [-0.05, 0) is 49.8 Å². The van der Waals surface area contributed by atoms with Gasteiger partial charge in [-0.25, -0.2) is 0 Å². The molecular formula is C23H26N2O. The highest BCUT2D eigenvalue weighted by Gasteiger charge is 2.41. The second kappa shape index (κ2) is 7.13. The minimum Gasteiger partial charge on any atom is -0.457 e. The monoisotopic (exact) mass is 346 g/mol. The van der Waals surface area contributed by atoms with Crippen molar-refractivity contribution in [1.29, 1.82) is 5.26 Å². The van der Waals surface area contributed by atoms with E-state index in [2.05, 4.69) is 35.7 Å². The van der Waals surface area contributed by atoms with Crippen molar-refractivity contribution in [2.75, 3.05) is 0 Å². The predicted octanol–water partition coefficient (Wildman–Crippen LogP) is 5.35. The molecule has 0 aliphatic carbocycles. The van der Waals surface area contributed by atoms with E-state index in [4.69, 9.17) is 4.74 Å². The number of ether oxygens (including phenoxy) is 1. The van der Waals surface area contributed by atoms with Gasteiger partial charge in [0.2, 0.25) is 0 Å². The van der Waals surface area contributed by atoms with Gasteiger partial charge >= 0.3 is 0 Å². The van der Waals surface area contributed by atoms with E-state index in [1.165, 1.54) is 36.8 Å². The van der Waals surface area contributed by atoms with Gasteiger partial charge in [0.05, 0.1) is 11.6 Å². The van der Waals surface area contributed by atoms with Gasteiger partial charge in [0.25, 0.3) is 0 Å². The van der Waals surface area contributed by atoms with Crippen molar-refractivity contribution in [3.8, 4) is 17.6 Å². The van der Waals surface area contributed by atoms with Crippen LogP contribution in [0.2, 0.25) is 0 Å². The van der Waals surface area contributed by atoms with Crippen LogP contribution in [0, 0.1) is 17.2 Å². The van der Waals surface area contributed by atoms with Gasteiger partial charge in [0, 0.05) is 29.1 Å². The van der Waals surface area contributed by atoms with Crippen LogP contribution >= 0.6 is 0 Å². The molecular weight excluding hydrogens is 320 g/mol. The maximum Gasteiger partial charge on any atom is 0.132 e. The van der Waals surface area contributed by atoms with E-state index in [0.29, 0.717) is 29.5 Å². The number of hydrogen-bond donors (Lipinski definition) is 1. The molecule has 2 aromatic rings. The van der Waals surface area contributed by atoms with Crippen molar-refractivity contribution in [3.63, 3.8) is 0 Å². The number of nitriles is 1. The minimum absolute atomic E-state index is 0.378. The lowest BCUT2D eigenvalue weighted by molar-refractivity contribution is 0.267. The lowest BCUT2D eigenvalue weighted by Crippen LogP contribution is -2.40. The van der Waals surface area contributed by atoms with Gasteiger partial charge in [-0.2, -0.15) is 5.26 Å². The molecule has 0 saturated carbocycles. The second-order valence-corrected chi connectivity index (χ2v) is 7.35. The molecule has 2 fully saturated rings. The number of fused-ring (bicyclic) bond motifs is 4. The number of rotatable bonds is 1. The summed E-state index contributed by atoms with van der Waals surface area (Å²) < 4.78 is 6.14. The summed E-state index contributed by atoms with van der Waals surface area (Å²) in [5.41, 5.74) is 3.22. The zero-order valence-electron chi connectivity index (χ0n) is 15.5. The van der Waals surface area contributed by atoms with Crippen molar-refractivity contribution in [2.45, 2.75) is 57.5 Å². The summed E-state index contributed by atoms with van der Waals surface area (Å²) >= 11 is 0. The molecule has 3 heterocycles. The Kier molecular flexibility index (Phi) is 4.70. The Morgan fingerprint density at radius 1 is 0.962 bits per heavy atom. The molecule has 2 saturated heterocycles. The largest absolute Gasteiger partial charge is 0.457 e.